The van der Waals surface area contributed by atoms with Gasteiger partial charge in [0, 0.05) is 31.5 Å². The molecule has 1 aromatic heterocycles. The topological polar surface area (TPSA) is 80.5 Å². The van der Waals surface area contributed by atoms with Crippen molar-refractivity contribution in [2.24, 2.45) is 0 Å². The highest BCUT2D eigenvalue weighted by atomic mass is 16.5. The van der Waals surface area contributed by atoms with Gasteiger partial charge in [-0.3, -0.25) is 4.79 Å². The number of nitrogens with zero attached hydrogens (tertiary/aromatic N) is 4. The van der Waals surface area contributed by atoms with E-state index in [0.29, 0.717) is 25.3 Å². The van der Waals surface area contributed by atoms with Crippen molar-refractivity contribution in [1.29, 1.82) is 0 Å². The van der Waals surface area contributed by atoms with Crippen LogP contribution in [0.15, 0.2) is 30.5 Å². The van der Waals surface area contributed by atoms with E-state index in [-0.39, 0.29) is 18.0 Å². The van der Waals surface area contributed by atoms with E-state index in [1.165, 1.54) is 0 Å². The molecule has 1 saturated heterocycles. The van der Waals surface area contributed by atoms with E-state index in [1.807, 2.05) is 35.4 Å². The Kier molecular flexibility index (Phi) is 6.37. The molecular formula is C23H32N4O3. The number of methoxy groups -OCH3 is 1. The maximum absolute atomic E-state index is 13.2. The van der Waals surface area contributed by atoms with Crippen molar-refractivity contribution in [3.05, 3.63) is 41.7 Å². The molecule has 7 heteroatoms. The number of hydrogen-bond donors (Lipinski definition) is 1. The Hall–Kier alpha value is -2.41. The second-order valence-electron chi connectivity index (χ2n) is 8.56. The fraction of sp³-hybridized carbons (Fsp3) is 0.609. The molecule has 162 valence electrons. The van der Waals surface area contributed by atoms with Gasteiger partial charge in [0.25, 0.3) is 0 Å². The van der Waals surface area contributed by atoms with Crippen LogP contribution >= 0.6 is 0 Å². The zero-order valence-corrected chi connectivity index (χ0v) is 17.9. The van der Waals surface area contributed by atoms with Crippen molar-refractivity contribution >= 4 is 5.91 Å². The molecule has 0 bridgehead atoms. The summed E-state index contributed by atoms with van der Waals surface area (Å²) in [5, 5.41) is 19.6. The Morgan fingerprint density at radius 3 is 2.67 bits per heavy atom. The Morgan fingerprint density at radius 2 is 2.00 bits per heavy atom. The van der Waals surface area contributed by atoms with Gasteiger partial charge in [-0.15, -0.1) is 5.10 Å². The van der Waals surface area contributed by atoms with Gasteiger partial charge >= 0.3 is 0 Å². The number of carbonyl (C=O) groups excluding carboxylic acids is 1. The number of aliphatic hydroxyl groups excluding tert-OH is 1. The largest absolute Gasteiger partial charge is 0.497 e. The van der Waals surface area contributed by atoms with Crippen molar-refractivity contribution < 1.29 is 14.6 Å². The fourth-order valence-corrected chi connectivity index (χ4v) is 4.33. The average Bonchev–Trinajstić information content (AvgIpc) is 3.51. The van der Waals surface area contributed by atoms with Gasteiger partial charge in [-0.1, -0.05) is 37.1 Å². The summed E-state index contributed by atoms with van der Waals surface area (Å²) in [5.74, 6) is 1.44. The molecule has 2 heterocycles. The number of aliphatic hydroxyl groups is 1. The van der Waals surface area contributed by atoms with E-state index in [4.69, 9.17) is 4.74 Å². The van der Waals surface area contributed by atoms with Gasteiger partial charge in [0.05, 0.1) is 31.0 Å². The Balaban J connectivity index is 1.56. The molecule has 0 unspecified atom stereocenters. The molecule has 7 nitrogen and oxygen atoms in total. The van der Waals surface area contributed by atoms with Crippen molar-refractivity contribution in [2.75, 3.05) is 13.7 Å². The molecule has 2 aromatic rings. The Labute approximate surface area is 178 Å². The molecule has 1 aliphatic carbocycles. The highest BCUT2D eigenvalue weighted by Crippen LogP contribution is 2.40. The lowest BCUT2D eigenvalue weighted by atomic mass is 9.90. The zero-order chi connectivity index (χ0) is 21.1. The van der Waals surface area contributed by atoms with Crippen molar-refractivity contribution in [3.63, 3.8) is 0 Å². The normalized spacial score (nSPS) is 24.1. The van der Waals surface area contributed by atoms with E-state index >= 15 is 0 Å². The Morgan fingerprint density at radius 1 is 1.23 bits per heavy atom. The van der Waals surface area contributed by atoms with E-state index in [1.54, 1.807) is 11.8 Å². The first-order valence-electron chi connectivity index (χ1n) is 11.1. The van der Waals surface area contributed by atoms with E-state index < -0.39 is 6.10 Å². The highest BCUT2D eigenvalue weighted by Gasteiger charge is 2.39. The van der Waals surface area contributed by atoms with Gasteiger partial charge in [-0.05, 0) is 37.0 Å². The minimum absolute atomic E-state index is 0.142. The quantitative estimate of drug-likeness (QED) is 0.670. The van der Waals surface area contributed by atoms with Crippen LogP contribution in [0.1, 0.15) is 81.1 Å². The van der Waals surface area contributed by atoms with Crippen LogP contribution < -0.4 is 4.74 Å². The van der Waals surface area contributed by atoms with Gasteiger partial charge < -0.3 is 14.7 Å². The van der Waals surface area contributed by atoms with Crippen molar-refractivity contribution in [3.8, 4) is 5.75 Å². The number of piperidine rings is 1. The lowest BCUT2D eigenvalue weighted by Gasteiger charge is -2.42. The first-order chi connectivity index (χ1) is 14.6. The summed E-state index contributed by atoms with van der Waals surface area (Å²) in [6.45, 7) is 2.58. The third kappa shape index (κ3) is 4.51. The summed E-state index contributed by atoms with van der Waals surface area (Å²) in [5.41, 5.74) is 2.02. The molecule has 1 amide bonds. The van der Waals surface area contributed by atoms with Crippen LogP contribution in [0.5, 0.6) is 5.75 Å². The summed E-state index contributed by atoms with van der Waals surface area (Å²) >= 11 is 0. The standard InChI is InChI=1S/C23H32N4O3/c1-3-4-5-6-23(29)26-15-21(27-14-19(24-25-27)16-7-8-16)22(28)13-20(26)17-9-11-18(30-2)12-10-17/h9-12,14,16,20-22,28H,3-8,13,15H2,1-2H3/t20-,21-,22-/m1/s1. The van der Waals surface area contributed by atoms with Gasteiger partial charge in [0.15, 0.2) is 0 Å². The number of benzene rings is 1. The molecule has 1 saturated carbocycles. The molecule has 1 aromatic carbocycles. The smallest absolute Gasteiger partial charge is 0.223 e. The molecule has 1 N–H and O–H groups in total. The highest BCUT2D eigenvalue weighted by molar-refractivity contribution is 5.77. The fourth-order valence-electron chi connectivity index (χ4n) is 4.33. The number of aromatic nitrogens is 3. The molecule has 0 spiro atoms. The molecular weight excluding hydrogens is 380 g/mol. The molecule has 3 atom stereocenters. The maximum atomic E-state index is 13.2. The van der Waals surface area contributed by atoms with Crippen LogP contribution in [0.2, 0.25) is 0 Å². The van der Waals surface area contributed by atoms with Crippen LogP contribution in [0.25, 0.3) is 0 Å². The van der Waals surface area contributed by atoms with Crippen LogP contribution in [0, 0.1) is 0 Å². The number of carbonyl (C=O) groups is 1. The van der Waals surface area contributed by atoms with E-state index in [2.05, 4.69) is 17.2 Å². The molecule has 1 aliphatic heterocycles. The number of rotatable bonds is 8. The first kappa shape index (κ1) is 20.8. The lowest BCUT2D eigenvalue weighted by Crippen LogP contribution is -2.48. The number of hydrogen-bond acceptors (Lipinski definition) is 5. The van der Waals surface area contributed by atoms with Crippen molar-refractivity contribution in [2.45, 2.75) is 76.0 Å². The van der Waals surface area contributed by atoms with Gasteiger partial charge in [-0.25, -0.2) is 4.68 Å². The molecule has 4 rings (SSSR count). The minimum Gasteiger partial charge on any atom is -0.497 e. The van der Waals surface area contributed by atoms with Gasteiger partial charge in [0.2, 0.25) is 5.91 Å². The SMILES string of the molecule is CCCCCC(=O)N1C[C@@H](n2cc(C3CC3)nn2)[C@H](O)C[C@@H]1c1ccc(OC)cc1. The summed E-state index contributed by atoms with van der Waals surface area (Å²) < 4.78 is 7.04. The second-order valence-corrected chi connectivity index (χ2v) is 8.56. The van der Waals surface area contributed by atoms with Gasteiger partial charge in [-0.2, -0.15) is 0 Å². The first-order valence-corrected chi connectivity index (χ1v) is 11.1. The maximum Gasteiger partial charge on any atom is 0.223 e. The average molecular weight is 413 g/mol. The molecule has 2 fully saturated rings. The van der Waals surface area contributed by atoms with Crippen molar-refractivity contribution in [1.82, 2.24) is 19.9 Å². The monoisotopic (exact) mass is 412 g/mol. The van der Waals surface area contributed by atoms with Crippen LogP contribution in [0.3, 0.4) is 0 Å². The number of likely N-dealkylation sites (tertiary alicyclic amines) is 1. The zero-order valence-electron chi connectivity index (χ0n) is 17.9. The Bertz CT molecular complexity index is 846. The minimum atomic E-state index is -0.592. The second kappa shape index (κ2) is 9.16. The van der Waals surface area contributed by atoms with Crippen LogP contribution in [0.4, 0.5) is 0 Å². The number of amides is 1. The van der Waals surface area contributed by atoms with Crippen LogP contribution in [-0.2, 0) is 4.79 Å². The third-order valence-corrected chi connectivity index (χ3v) is 6.35. The summed E-state index contributed by atoms with van der Waals surface area (Å²) in [4.78, 5) is 15.1. The van der Waals surface area contributed by atoms with Crippen LogP contribution in [-0.4, -0.2) is 50.7 Å². The summed E-state index contributed by atoms with van der Waals surface area (Å²) in [6.07, 6.45) is 7.73. The number of unbranched alkanes of at least 4 members (excludes halogenated alkanes) is 2. The predicted octanol–water partition coefficient (Wildman–Crippen LogP) is 3.62. The molecule has 30 heavy (non-hydrogen) atoms. The summed E-state index contributed by atoms with van der Waals surface area (Å²) in [6, 6.07) is 7.38. The molecule has 0 radical (unpaired) electrons. The summed E-state index contributed by atoms with van der Waals surface area (Å²) in [7, 11) is 1.64. The van der Waals surface area contributed by atoms with E-state index in [9.17, 15) is 9.90 Å². The van der Waals surface area contributed by atoms with Gasteiger partial charge in [0.1, 0.15) is 5.75 Å². The number of ether oxygens (including phenoxy) is 1. The predicted molar refractivity (Wildman–Crippen MR) is 113 cm³/mol. The third-order valence-electron chi connectivity index (χ3n) is 6.35. The lowest BCUT2D eigenvalue weighted by molar-refractivity contribution is -0.139. The molecule has 2 aliphatic rings. The van der Waals surface area contributed by atoms with E-state index in [0.717, 1.165) is 49.1 Å².